The van der Waals surface area contributed by atoms with Crippen LogP contribution in [0.5, 0.6) is 5.88 Å². The molecular weight excluding hydrogens is 306 g/mol. The topological polar surface area (TPSA) is 92.8 Å². The standard InChI is InChI=1S/C17H17N5O2/c1-11-19-15(22-21-11)14(12-7-4-3-5-8-12)20-16(23)13-9-6-10-18-17(13)24-2/h3-10,14H,1-2H3,(H,20,23)(H,19,21,22). The Balaban J connectivity index is 1.94. The first kappa shape index (κ1) is 15.7. The van der Waals surface area contributed by atoms with Crippen molar-refractivity contribution in [3.63, 3.8) is 0 Å². The number of ether oxygens (including phenoxy) is 1. The molecule has 24 heavy (non-hydrogen) atoms. The number of aromatic amines is 1. The predicted octanol–water partition coefficient (Wildman–Crippen LogP) is 2.04. The zero-order chi connectivity index (χ0) is 16.9. The van der Waals surface area contributed by atoms with E-state index in [4.69, 9.17) is 4.74 Å². The van der Waals surface area contributed by atoms with Crippen LogP contribution in [0.25, 0.3) is 0 Å². The lowest BCUT2D eigenvalue weighted by Crippen LogP contribution is -2.30. The molecule has 7 nitrogen and oxygen atoms in total. The number of pyridine rings is 1. The highest BCUT2D eigenvalue weighted by Gasteiger charge is 2.23. The van der Waals surface area contributed by atoms with Gasteiger partial charge in [0.2, 0.25) is 5.88 Å². The van der Waals surface area contributed by atoms with Gasteiger partial charge in [0.1, 0.15) is 17.4 Å². The Morgan fingerprint density at radius 2 is 2.00 bits per heavy atom. The number of aromatic nitrogens is 4. The third-order valence-electron chi connectivity index (χ3n) is 3.49. The van der Waals surface area contributed by atoms with Gasteiger partial charge in [-0.3, -0.25) is 9.89 Å². The van der Waals surface area contributed by atoms with Crippen LogP contribution in [0, 0.1) is 6.92 Å². The van der Waals surface area contributed by atoms with Crippen LogP contribution in [-0.2, 0) is 0 Å². The molecule has 0 spiro atoms. The summed E-state index contributed by atoms with van der Waals surface area (Å²) in [7, 11) is 1.48. The second-order valence-electron chi connectivity index (χ2n) is 5.16. The van der Waals surface area contributed by atoms with Crippen LogP contribution < -0.4 is 10.1 Å². The molecular formula is C17H17N5O2. The van der Waals surface area contributed by atoms with Crippen molar-refractivity contribution in [3.05, 3.63) is 71.4 Å². The summed E-state index contributed by atoms with van der Waals surface area (Å²) >= 11 is 0. The summed E-state index contributed by atoms with van der Waals surface area (Å²) in [6.07, 6.45) is 1.57. The molecule has 3 aromatic rings. The van der Waals surface area contributed by atoms with Crippen LogP contribution in [0.2, 0.25) is 0 Å². The summed E-state index contributed by atoms with van der Waals surface area (Å²) in [6, 6.07) is 12.4. The summed E-state index contributed by atoms with van der Waals surface area (Å²) in [6.45, 7) is 1.81. The summed E-state index contributed by atoms with van der Waals surface area (Å²) < 4.78 is 5.15. The van der Waals surface area contributed by atoms with E-state index in [1.807, 2.05) is 37.3 Å². The third-order valence-corrected chi connectivity index (χ3v) is 3.49. The Hall–Kier alpha value is -3.22. The maximum atomic E-state index is 12.7. The normalized spacial score (nSPS) is 11.8. The zero-order valence-electron chi connectivity index (χ0n) is 13.4. The van der Waals surface area contributed by atoms with Crippen molar-refractivity contribution in [2.75, 3.05) is 7.11 Å². The second kappa shape index (κ2) is 6.91. The van der Waals surface area contributed by atoms with Crippen LogP contribution in [0.4, 0.5) is 0 Å². The lowest BCUT2D eigenvalue weighted by atomic mass is 10.1. The van der Waals surface area contributed by atoms with Crippen molar-refractivity contribution < 1.29 is 9.53 Å². The summed E-state index contributed by atoms with van der Waals surface area (Å²) in [5.41, 5.74) is 1.24. The molecule has 1 atom stereocenters. The Bertz CT molecular complexity index is 832. The largest absolute Gasteiger partial charge is 0.480 e. The molecule has 0 fully saturated rings. The Morgan fingerprint density at radius 3 is 2.67 bits per heavy atom. The van der Waals surface area contributed by atoms with E-state index in [0.717, 1.165) is 5.56 Å². The van der Waals surface area contributed by atoms with E-state index in [2.05, 4.69) is 25.5 Å². The number of methoxy groups -OCH3 is 1. The number of amides is 1. The first-order valence-corrected chi connectivity index (χ1v) is 7.42. The molecule has 3 rings (SSSR count). The maximum absolute atomic E-state index is 12.7. The summed E-state index contributed by atoms with van der Waals surface area (Å²) in [5.74, 6) is 1.14. The highest BCUT2D eigenvalue weighted by molar-refractivity contribution is 5.96. The van der Waals surface area contributed by atoms with E-state index in [-0.39, 0.29) is 11.8 Å². The molecule has 0 aliphatic rings. The number of aryl methyl sites for hydroxylation is 1. The third kappa shape index (κ3) is 3.24. The number of benzene rings is 1. The smallest absolute Gasteiger partial charge is 0.257 e. The molecule has 0 aliphatic heterocycles. The minimum atomic E-state index is -0.478. The number of rotatable bonds is 5. The molecule has 2 heterocycles. The fourth-order valence-corrected chi connectivity index (χ4v) is 2.37. The Morgan fingerprint density at radius 1 is 1.21 bits per heavy atom. The fraction of sp³-hybridized carbons (Fsp3) is 0.176. The molecule has 0 saturated carbocycles. The molecule has 0 bridgehead atoms. The molecule has 2 N–H and O–H groups in total. The molecule has 1 unspecified atom stereocenters. The van der Waals surface area contributed by atoms with Gasteiger partial charge in [0.15, 0.2) is 5.82 Å². The van der Waals surface area contributed by atoms with E-state index >= 15 is 0 Å². The molecule has 0 aliphatic carbocycles. The molecule has 1 aromatic carbocycles. The van der Waals surface area contributed by atoms with Crippen LogP contribution >= 0.6 is 0 Å². The lowest BCUT2D eigenvalue weighted by molar-refractivity contribution is 0.0937. The number of hydrogen-bond donors (Lipinski definition) is 2. The van der Waals surface area contributed by atoms with Crippen LogP contribution in [0.1, 0.15) is 33.6 Å². The van der Waals surface area contributed by atoms with Gasteiger partial charge in [0.05, 0.1) is 7.11 Å². The molecule has 1 amide bonds. The average Bonchev–Trinajstić information content (AvgIpc) is 3.06. The van der Waals surface area contributed by atoms with Crippen molar-refractivity contribution in [2.45, 2.75) is 13.0 Å². The predicted molar refractivity (Wildman–Crippen MR) is 87.7 cm³/mol. The van der Waals surface area contributed by atoms with Gasteiger partial charge >= 0.3 is 0 Å². The van der Waals surface area contributed by atoms with Crippen molar-refractivity contribution in [3.8, 4) is 5.88 Å². The van der Waals surface area contributed by atoms with Gasteiger partial charge in [-0.2, -0.15) is 5.10 Å². The van der Waals surface area contributed by atoms with Crippen LogP contribution in [0.3, 0.4) is 0 Å². The van der Waals surface area contributed by atoms with Gasteiger partial charge in [-0.1, -0.05) is 30.3 Å². The Kier molecular flexibility index (Phi) is 4.51. The highest BCUT2D eigenvalue weighted by atomic mass is 16.5. The van der Waals surface area contributed by atoms with Gasteiger partial charge < -0.3 is 10.1 Å². The van der Waals surface area contributed by atoms with Gasteiger partial charge in [0.25, 0.3) is 5.91 Å². The maximum Gasteiger partial charge on any atom is 0.257 e. The average molecular weight is 323 g/mol. The van der Waals surface area contributed by atoms with Gasteiger partial charge in [0, 0.05) is 6.20 Å². The lowest BCUT2D eigenvalue weighted by Gasteiger charge is -2.17. The molecule has 7 heteroatoms. The van der Waals surface area contributed by atoms with E-state index in [1.165, 1.54) is 7.11 Å². The van der Waals surface area contributed by atoms with Gasteiger partial charge in [-0.15, -0.1) is 0 Å². The van der Waals surface area contributed by atoms with Crippen LogP contribution in [0.15, 0.2) is 48.7 Å². The summed E-state index contributed by atoms with van der Waals surface area (Å²) in [4.78, 5) is 21.1. The van der Waals surface area contributed by atoms with E-state index in [9.17, 15) is 4.79 Å². The minimum absolute atomic E-state index is 0.271. The van der Waals surface area contributed by atoms with Gasteiger partial charge in [-0.25, -0.2) is 9.97 Å². The number of hydrogen-bond acceptors (Lipinski definition) is 5. The van der Waals surface area contributed by atoms with Gasteiger partial charge in [-0.05, 0) is 24.6 Å². The fourth-order valence-electron chi connectivity index (χ4n) is 2.37. The molecule has 2 aromatic heterocycles. The number of carbonyl (C=O) groups is 1. The second-order valence-corrected chi connectivity index (χ2v) is 5.16. The van der Waals surface area contributed by atoms with E-state index in [1.54, 1.807) is 18.3 Å². The monoisotopic (exact) mass is 323 g/mol. The number of H-pyrrole nitrogens is 1. The molecule has 0 radical (unpaired) electrons. The number of nitrogens with zero attached hydrogens (tertiary/aromatic N) is 3. The van der Waals surface area contributed by atoms with Crippen molar-refractivity contribution >= 4 is 5.91 Å². The van der Waals surface area contributed by atoms with Crippen molar-refractivity contribution in [1.29, 1.82) is 0 Å². The highest BCUT2D eigenvalue weighted by Crippen LogP contribution is 2.21. The number of nitrogens with one attached hydrogen (secondary N) is 2. The van der Waals surface area contributed by atoms with Crippen molar-refractivity contribution in [1.82, 2.24) is 25.5 Å². The van der Waals surface area contributed by atoms with Crippen LogP contribution in [-0.4, -0.2) is 33.2 Å². The minimum Gasteiger partial charge on any atom is -0.480 e. The number of carbonyl (C=O) groups excluding carboxylic acids is 1. The Labute approximate surface area is 139 Å². The van der Waals surface area contributed by atoms with E-state index in [0.29, 0.717) is 17.2 Å². The summed E-state index contributed by atoms with van der Waals surface area (Å²) in [5, 5.41) is 9.94. The first-order valence-electron chi connectivity index (χ1n) is 7.42. The SMILES string of the molecule is COc1ncccc1C(=O)NC(c1ccccc1)c1n[nH]c(C)n1. The first-order chi connectivity index (χ1) is 11.7. The van der Waals surface area contributed by atoms with Crippen molar-refractivity contribution in [2.24, 2.45) is 0 Å². The quantitative estimate of drug-likeness (QED) is 0.749. The molecule has 122 valence electrons. The van der Waals surface area contributed by atoms with E-state index < -0.39 is 6.04 Å². The molecule has 0 saturated heterocycles. The zero-order valence-corrected chi connectivity index (χ0v) is 13.4.